The molecule has 0 radical (unpaired) electrons. The smallest absolute Gasteiger partial charge is 0.336 e. The lowest BCUT2D eigenvalue weighted by Gasteiger charge is -2.35. The fraction of sp³-hybridized carbons (Fsp3) is 0.370. The van der Waals surface area contributed by atoms with Crippen molar-refractivity contribution < 1.29 is 19.1 Å². The topological polar surface area (TPSA) is 65.0 Å². The maximum atomic E-state index is 13.2. The van der Waals surface area contributed by atoms with E-state index in [4.69, 9.17) is 9.47 Å². The molecule has 0 amide bonds. The lowest BCUT2D eigenvalue weighted by Crippen LogP contribution is -2.39. The van der Waals surface area contributed by atoms with Crippen LogP contribution in [-0.2, 0) is 20.7 Å². The minimum Gasteiger partial charge on any atom is -0.490 e. The highest BCUT2D eigenvalue weighted by Gasteiger charge is 2.43. The number of esters is 1. The van der Waals surface area contributed by atoms with Gasteiger partial charge in [0.2, 0.25) is 0 Å². The Morgan fingerprint density at radius 1 is 1.00 bits per heavy atom. The second-order valence-corrected chi connectivity index (χ2v) is 8.27. The molecule has 0 saturated heterocycles. The maximum absolute atomic E-state index is 13.2. The van der Waals surface area contributed by atoms with Gasteiger partial charge < -0.3 is 9.47 Å². The molecule has 166 valence electrons. The van der Waals surface area contributed by atoms with Gasteiger partial charge in [0.25, 0.3) is 0 Å². The van der Waals surface area contributed by atoms with Gasteiger partial charge in [0.15, 0.2) is 0 Å². The summed E-state index contributed by atoms with van der Waals surface area (Å²) in [7, 11) is 0. The predicted octanol–water partition coefficient (Wildman–Crippen LogP) is 5.05. The number of hydrogen-bond donors (Lipinski definition) is 0. The molecule has 0 N–H and O–H groups in total. The zero-order valence-electron chi connectivity index (χ0n) is 18.7. The Kier molecular flexibility index (Phi) is 6.84. The number of para-hydroxylation sites is 1. The molecule has 32 heavy (non-hydrogen) atoms. The highest BCUT2D eigenvalue weighted by atomic mass is 16.6. The SMILES string of the molecule is CCc1ccc([C@H]2C(C(=O)OCCOc3ccccc3)=C(C)N=C3CCCC(=O)C32)cc1. The number of aryl methyl sites for hydroxylation is 1. The summed E-state index contributed by atoms with van der Waals surface area (Å²) in [5, 5.41) is 0. The Labute approximate surface area is 189 Å². The highest BCUT2D eigenvalue weighted by molar-refractivity contribution is 6.11. The standard InChI is InChI=1S/C27H29NO4/c1-3-19-12-14-20(15-13-19)25-24(18(2)28-22-10-7-11-23(29)26(22)25)27(30)32-17-16-31-21-8-5-4-6-9-21/h4-6,8-9,12-15,25-26H,3,7,10-11,16-17H2,1-2H3/t25-,26?/m0/s1. The summed E-state index contributed by atoms with van der Waals surface area (Å²) in [6, 6.07) is 17.6. The summed E-state index contributed by atoms with van der Waals surface area (Å²) < 4.78 is 11.2. The quantitative estimate of drug-likeness (QED) is 0.454. The van der Waals surface area contributed by atoms with Crippen molar-refractivity contribution in [2.45, 2.75) is 45.4 Å². The molecule has 2 aromatic carbocycles. The molecule has 1 heterocycles. The van der Waals surface area contributed by atoms with Gasteiger partial charge in [-0.05, 0) is 49.4 Å². The van der Waals surface area contributed by atoms with E-state index in [1.54, 1.807) is 0 Å². The average molecular weight is 432 g/mol. The lowest BCUT2D eigenvalue weighted by molar-refractivity contribution is -0.140. The Hall–Kier alpha value is -3.21. The number of carbonyl (C=O) groups is 2. The minimum atomic E-state index is -0.426. The van der Waals surface area contributed by atoms with E-state index in [-0.39, 0.29) is 30.8 Å². The normalized spacial score (nSPS) is 20.4. The molecule has 0 bridgehead atoms. The lowest BCUT2D eigenvalue weighted by atomic mass is 9.69. The minimum absolute atomic E-state index is 0.126. The van der Waals surface area contributed by atoms with Crippen LogP contribution in [-0.4, -0.2) is 30.7 Å². The van der Waals surface area contributed by atoms with Crippen molar-refractivity contribution in [1.82, 2.24) is 0 Å². The number of fused-ring (bicyclic) bond motifs is 1. The van der Waals surface area contributed by atoms with Crippen LogP contribution < -0.4 is 4.74 Å². The summed E-state index contributed by atoms with van der Waals surface area (Å²) in [4.78, 5) is 30.8. The molecule has 1 aliphatic carbocycles. The van der Waals surface area contributed by atoms with Crippen LogP contribution in [0, 0.1) is 5.92 Å². The zero-order chi connectivity index (χ0) is 22.5. The predicted molar refractivity (Wildman–Crippen MR) is 124 cm³/mol. The Balaban J connectivity index is 1.56. The number of carbonyl (C=O) groups excluding carboxylic acids is 2. The third-order valence-corrected chi connectivity index (χ3v) is 6.20. The Morgan fingerprint density at radius 3 is 2.47 bits per heavy atom. The molecule has 1 unspecified atom stereocenters. The molecule has 2 aliphatic rings. The van der Waals surface area contributed by atoms with E-state index in [9.17, 15) is 9.59 Å². The first-order valence-corrected chi connectivity index (χ1v) is 11.3. The molecule has 0 aromatic heterocycles. The second-order valence-electron chi connectivity index (χ2n) is 8.27. The van der Waals surface area contributed by atoms with Crippen LogP contribution in [0.2, 0.25) is 0 Å². The van der Waals surface area contributed by atoms with Crippen molar-refractivity contribution in [3.05, 3.63) is 77.0 Å². The van der Waals surface area contributed by atoms with Crippen LogP contribution in [0.5, 0.6) is 5.75 Å². The number of ketones is 1. The molecule has 5 heteroatoms. The molecule has 1 aliphatic heterocycles. The van der Waals surface area contributed by atoms with Gasteiger partial charge in [0.05, 0.1) is 11.5 Å². The van der Waals surface area contributed by atoms with E-state index < -0.39 is 5.97 Å². The van der Waals surface area contributed by atoms with Crippen LogP contribution in [0.4, 0.5) is 0 Å². The van der Waals surface area contributed by atoms with Gasteiger partial charge in [-0.3, -0.25) is 9.79 Å². The molecule has 0 spiro atoms. The summed E-state index contributed by atoms with van der Waals surface area (Å²) in [6.07, 6.45) is 3.08. The Bertz CT molecular complexity index is 1040. The monoisotopic (exact) mass is 431 g/mol. The van der Waals surface area contributed by atoms with E-state index >= 15 is 0 Å². The van der Waals surface area contributed by atoms with Gasteiger partial charge in [-0.2, -0.15) is 0 Å². The van der Waals surface area contributed by atoms with Crippen LogP contribution in [0.15, 0.2) is 70.9 Å². The van der Waals surface area contributed by atoms with Crippen LogP contribution in [0.1, 0.15) is 50.2 Å². The summed E-state index contributed by atoms with van der Waals surface area (Å²) in [6.45, 7) is 4.33. The molecule has 1 saturated carbocycles. The number of nitrogens with zero attached hydrogens (tertiary/aromatic N) is 1. The van der Waals surface area contributed by atoms with Crippen molar-refractivity contribution in [2.24, 2.45) is 10.9 Å². The number of allylic oxidation sites excluding steroid dienone is 1. The van der Waals surface area contributed by atoms with Gasteiger partial charge in [0, 0.05) is 23.7 Å². The van der Waals surface area contributed by atoms with Crippen LogP contribution >= 0.6 is 0 Å². The van der Waals surface area contributed by atoms with Gasteiger partial charge in [-0.25, -0.2) is 4.79 Å². The molecule has 5 nitrogen and oxygen atoms in total. The second kappa shape index (κ2) is 9.94. The largest absolute Gasteiger partial charge is 0.490 e. The summed E-state index contributed by atoms with van der Waals surface area (Å²) in [5.74, 6) is -0.283. The average Bonchev–Trinajstić information content (AvgIpc) is 2.82. The fourth-order valence-corrected chi connectivity index (χ4v) is 4.59. The first-order valence-electron chi connectivity index (χ1n) is 11.3. The number of rotatable bonds is 7. The summed E-state index contributed by atoms with van der Waals surface area (Å²) in [5.41, 5.74) is 4.20. The van der Waals surface area contributed by atoms with E-state index in [2.05, 4.69) is 24.0 Å². The van der Waals surface area contributed by atoms with Gasteiger partial charge in [0.1, 0.15) is 24.7 Å². The fourth-order valence-electron chi connectivity index (χ4n) is 4.59. The first-order chi connectivity index (χ1) is 15.6. The number of ether oxygens (including phenoxy) is 2. The third-order valence-electron chi connectivity index (χ3n) is 6.20. The number of benzene rings is 2. The first kappa shape index (κ1) is 22.0. The van der Waals surface area contributed by atoms with Crippen molar-refractivity contribution in [1.29, 1.82) is 0 Å². The van der Waals surface area contributed by atoms with E-state index in [0.29, 0.717) is 17.7 Å². The van der Waals surface area contributed by atoms with Gasteiger partial charge in [-0.1, -0.05) is 49.4 Å². The van der Waals surface area contributed by atoms with Gasteiger partial charge >= 0.3 is 5.97 Å². The van der Waals surface area contributed by atoms with E-state index in [0.717, 1.165) is 36.3 Å². The summed E-state index contributed by atoms with van der Waals surface area (Å²) >= 11 is 0. The maximum Gasteiger partial charge on any atom is 0.336 e. The Morgan fingerprint density at radius 2 is 1.75 bits per heavy atom. The van der Waals surface area contributed by atoms with Crippen molar-refractivity contribution in [2.75, 3.05) is 13.2 Å². The molecule has 1 fully saturated rings. The molecular weight excluding hydrogens is 402 g/mol. The highest BCUT2D eigenvalue weighted by Crippen LogP contribution is 2.43. The zero-order valence-corrected chi connectivity index (χ0v) is 18.7. The number of hydrogen-bond acceptors (Lipinski definition) is 5. The van der Waals surface area contributed by atoms with Crippen molar-refractivity contribution in [3.63, 3.8) is 0 Å². The molecule has 4 rings (SSSR count). The number of Topliss-reactive ketones (excluding diaryl/α,β-unsaturated/α-hetero) is 1. The molecule has 2 aromatic rings. The van der Waals surface area contributed by atoms with Crippen LogP contribution in [0.3, 0.4) is 0 Å². The third kappa shape index (κ3) is 4.67. The van der Waals surface area contributed by atoms with Crippen molar-refractivity contribution >= 4 is 17.5 Å². The van der Waals surface area contributed by atoms with E-state index in [1.807, 2.05) is 49.4 Å². The molecular formula is C27H29NO4. The van der Waals surface area contributed by atoms with E-state index in [1.165, 1.54) is 5.56 Å². The van der Waals surface area contributed by atoms with Crippen LogP contribution in [0.25, 0.3) is 0 Å². The van der Waals surface area contributed by atoms with Crippen molar-refractivity contribution in [3.8, 4) is 5.75 Å². The molecule has 2 atom stereocenters. The number of aliphatic imine (C=N–C) groups is 1. The van der Waals surface area contributed by atoms with Gasteiger partial charge in [-0.15, -0.1) is 0 Å².